The summed E-state index contributed by atoms with van der Waals surface area (Å²) in [4.78, 5) is 2.53. The summed E-state index contributed by atoms with van der Waals surface area (Å²) >= 11 is 0. The fourth-order valence-electron chi connectivity index (χ4n) is 4.97. The Morgan fingerprint density at radius 2 is 2.04 bits per heavy atom. The second kappa shape index (κ2) is 6.65. The molecule has 2 fully saturated rings. The van der Waals surface area contributed by atoms with Crippen LogP contribution in [0.3, 0.4) is 0 Å². The molecule has 1 aromatic rings. The van der Waals surface area contributed by atoms with Crippen molar-refractivity contribution in [1.29, 1.82) is 0 Å². The zero-order chi connectivity index (χ0) is 17.5. The molecule has 2 saturated heterocycles. The maximum atomic E-state index is 11.8. The molecule has 138 valence electrons. The molecule has 0 saturated carbocycles. The lowest BCUT2D eigenvalue weighted by Crippen LogP contribution is -2.44. The van der Waals surface area contributed by atoms with Crippen molar-refractivity contribution < 1.29 is 13.2 Å². The predicted molar refractivity (Wildman–Crippen MR) is 98.1 cm³/mol. The van der Waals surface area contributed by atoms with E-state index in [1.165, 1.54) is 30.2 Å². The Morgan fingerprint density at radius 3 is 2.72 bits per heavy atom. The van der Waals surface area contributed by atoms with Crippen LogP contribution in [-0.4, -0.2) is 51.9 Å². The van der Waals surface area contributed by atoms with Gasteiger partial charge in [0, 0.05) is 19.2 Å². The number of hydrogen-bond donors (Lipinski definition) is 1. The monoisotopic (exact) mass is 364 g/mol. The van der Waals surface area contributed by atoms with Gasteiger partial charge in [-0.15, -0.1) is 0 Å². The minimum atomic E-state index is -3.21. The van der Waals surface area contributed by atoms with E-state index in [4.69, 9.17) is 4.74 Å². The van der Waals surface area contributed by atoms with E-state index in [2.05, 4.69) is 27.8 Å². The number of nitrogens with zero attached hydrogens (tertiary/aromatic N) is 1. The zero-order valence-electron chi connectivity index (χ0n) is 14.9. The van der Waals surface area contributed by atoms with Crippen LogP contribution in [0.25, 0.3) is 0 Å². The maximum Gasteiger partial charge on any atom is 0.209 e. The molecule has 0 bridgehead atoms. The average molecular weight is 365 g/mol. The van der Waals surface area contributed by atoms with Gasteiger partial charge in [-0.2, -0.15) is 0 Å². The molecule has 2 heterocycles. The summed E-state index contributed by atoms with van der Waals surface area (Å²) in [5.41, 5.74) is 2.64. The number of benzene rings is 1. The molecule has 1 spiro atoms. The number of piperidine rings is 1. The van der Waals surface area contributed by atoms with Gasteiger partial charge in [0.2, 0.25) is 10.0 Å². The summed E-state index contributed by atoms with van der Waals surface area (Å²) in [6.45, 7) is 4.09. The molecule has 1 aliphatic carbocycles. The van der Waals surface area contributed by atoms with E-state index in [1.807, 2.05) is 6.07 Å². The van der Waals surface area contributed by atoms with Crippen LogP contribution in [0.4, 0.5) is 0 Å². The summed E-state index contributed by atoms with van der Waals surface area (Å²) < 4.78 is 32.2. The van der Waals surface area contributed by atoms with Crippen molar-refractivity contribution in [3.8, 4) is 0 Å². The van der Waals surface area contributed by atoms with Gasteiger partial charge in [-0.25, -0.2) is 13.1 Å². The molecular formula is C19H28N2O3S. The first kappa shape index (κ1) is 17.5. The first-order valence-electron chi connectivity index (χ1n) is 9.36. The van der Waals surface area contributed by atoms with Crippen LogP contribution in [-0.2, 0) is 20.2 Å². The third kappa shape index (κ3) is 3.63. The standard InChI is InChI=1S/C19H28N2O3S/c1-25(22,23)20-18-13-19(17-7-3-2-6-16(17)18)8-10-21(11-9-19)14-15-5-4-12-24-15/h2-3,6-7,15,18,20H,4-5,8-14H2,1H3. The van der Waals surface area contributed by atoms with Gasteiger partial charge >= 0.3 is 0 Å². The predicted octanol–water partition coefficient (Wildman–Crippen LogP) is 2.19. The fraction of sp³-hybridized carbons (Fsp3) is 0.684. The minimum Gasteiger partial charge on any atom is -0.377 e. The molecule has 6 heteroatoms. The quantitative estimate of drug-likeness (QED) is 0.890. The van der Waals surface area contributed by atoms with E-state index in [-0.39, 0.29) is 11.5 Å². The number of fused-ring (bicyclic) bond motifs is 2. The number of ether oxygens (including phenoxy) is 1. The number of nitrogens with one attached hydrogen (secondary N) is 1. The Morgan fingerprint density at radius 1 is 1.28 bits per heavy atom. The van der Waals surface area contributed by atoms with Crippen molar-refractivity contribution in [2.75, 3.05) is 32.5 Å². The highest BCUT2D eigenvalue weighted by Crippen LogP contribution is 2.50. The third-order valence-corrected chi connectivity index (χ3v) is 6.87. The summed E-state index contributed by atoms with van der Waals surface area (Å²) in [5.74, 6) is 0. The molecule has 3 aliphatic rings. The molecule has 2 aliphatic heterocycles. The van der Waals surface area contributed by atoms with Gasteiger partial charge in [0.05, 0.1) is 12.4 Å². The topological polar surface area (TPSA) is 58.6 Å². The molecule has 2 atom stereocenters. The summed E-state index contributed by atoms with van der Waals surface area (Å²) in [7, 11) is -3.21. The molecule has 0 aromatic heterocycles. The Bertz CT molecular complexity index is 720. The number of sulfonamides is 1. The largest absolute Gasteiger partial charge is 0.377 e. The van der Waals surface area contributed by atoms with Crippen molar-refractivity contribution in [1.82, 2.24) is 9.62 Å². The Balaban J connectivity index is 1.49. The molecule has 1 aromatic carbocycles. The summed E-state index contributed by atoms with van der Waals surface area (Å²) in [5, 5.41) is 0. The molecule has 0 radical (unpaired) electrons. The molecule has 25 heavy (non-hydrogen) atoms. The van der Waals surface area contributed by atoms with E-state index < -0.39 is 10.0 Å². The number of likely N-dealkylation sites (tertiary alicyclic amines) is 1. The smallest absolute Gasteiger partial charge is 0.209 e. The Kier molecular flexibility index (Phi) is 4.65. The minimum absolute atomic E-state index is 0.0871. The van der Waals surface area contributed by atoms with Crippen LogP contribution in [0.5, 0.6) is 0 Å². The highest BCUT2D eigenvalue weighted by molar-refractivity contribution is 7.88. The van der Waals surface area contributed by atoms with Crippen LogP contribution in [0, 0.1) is 0 Å². The van der Waals surface area contributed by atoms with Crippen molar-refractivity contribution in [2.24, 2.45) is 0 Å². The number of hydrogen-bond acceptors (Lipinski definition) is 4. The summed E-state index contributed by atoms with van der Waals surface area (Å²) in [6.07, 6.45) is 7.11. The van der Waals surface area contributed by atoms with Gasteiger partial charge < -0.3 is 9.64 Å². The van der Waals surface area contributed by atoms with Gasteiger partial charge in [0.15, 0.2) is 0 Å². The van der Waals surface area contributed by atoms with Gasteiger partial charge in [-0.05, 0) is 61.7 Å². The van der Waals surface area contributed by atoms with Crippen LogP contribution in [0.1, 0.15) is 49.3 Å². The van der Waals surface area contributed by atoms with E-state index in [0.29, 0.717) is 6.10 Å². The van der Waals surface area contributed by atoms with Crippen LogP contribution in [0.15, 0.2) is 24.3 Å². The van der Waals surface area contributed by atoms with Crippen molar-refractivity contribution in [3.05, 3.63) is 35.4 Å². The van der Waals surface area contributed by atoms with Gasteiger partial charge in [-0.1, -0.05) is 24.3 Å². The second-order valence-electron chi connectivity index (χ2n) is 7.95. The molecular weight excluding hydrogens is 336 g/mol. The highest BCUT2D eigenvalue weighted by atomic mass is 32.2. The van der Waals surface area contributed by atoms with Crippen LogP contribution in [0.2, 0.25) is 0 Å². The molecule has 0 amide bonds. The first-order chi connectivity index (χ1) is 12.0. The van der Waals surface area contributed by atoms with Gasteiger partial charge in [0.1, 0.15) is 0 Å². The average Bonchev–Trinajstić information content (AvgIpc) is 3.17. The normalized spacial score (nSPS) is 29.2. The van der Waals surface area contributed by atoms with Gasteiger partial charge in [-0.3, -0.25) is 0 Å². The SMILES string of the molecule is CS(=O)(=O)NC1CC2(CCN(CC3CCCO3)CC2)c2ccccc21. The molecule has 1 N–H and O–H groups in total. The molecule has 4 rings (SSSR count). The molecule has 5 nitrogen and oxygen atoms in total. The first-order valence-corrected chi connectivity index (χ1v) is 11.3. The summed E-state index contributed by atoms with van der Waals surface area (Å²) in [6, 6.07) is 8.31. The Hall–Kier alpha value is -0.950. The van der Waals surface area contributed by atoms with E-state index in [0.717, 1.165) is 45.5 Å². The van der Waals surface area contributed by atoms with E-state index in [9.17, 15) is 8.42 Å². The molecule has 2 unspecified atom stereocenters. The lowest BCUT2D eigenvalue weighted by Gasteiger charge is -2.41. The zero-order valence-corrected chi connectivity index (χ0v) is 15.7. The van der Waals surface area contributed by atoms with Crippen LogP contribution >= 0.6 is 0 Å². The lowest BCUT2D eigenvalue weighted by atomic mass is 9.73. The Labute approximate surface area is 150 Å². The second-order valence-corrected chi connectivity index (χ2v) is 9.73. The van der Waals surface area contributed by atoms with Crippen molar-refractivity contribution >= 4 is 10.0 Å². The lowest BCUT2D eigenvalue weighted by molar-refractivity contribution is 0.0545. The van der Waals surface area contributed by atoms with E-state index in [1.54, 1.807) is 0 Å². The van der Waals surface area contributed by atoms with E-state index >= 15 is 0 Å². The third-order valence-electron chi connectivity index (χ3n) is 6.16. The van der Waals surface area contributed by atoms with Crippen LogP contribution < -0.4 is 4.72 Å². The maximum absolute atomic E-state index is 11.8. The fourth-order valence-corrected chi connectivity index (χ4v) is 5.70. The van der Waals surface area contributed by atoms with Crippen molar-refractivity contribution in [2.45, 2.75) is 49.7 Å². The highest BCUT2D eigenvalue weighted by Gasteiger charge is 2.46. The number of rotatable bonds is 4. The van der Waals surface area contributed by atoms with Crippen molar-refractivity contribution in [3.63, 3.8) is 0 Å². The van der Waals surface area contributed by atoms with Gasteiger partial charge in [0.25, 0.3) is 0 Å².